The van der Waals surface area contributed by atoms with Gasteiger partial charge in [-0.15, -0.1) is 0 Å². The Hall–Kier alpha value is -3.97. The maximum Gasteiger partial charge on any atom is 0.308 e. The number of rotatable bonds is 8. The third kappa shape index (κ3) is 6.26. The molecule has 4 N–H and O–H groups in total. The molecule has 0 saturated carbocycles. The molecule has 0 aliphatic rings. The van der Waals surface area contributed by atoms with Gasteiger partial charge in [0, 0.05) is 25.7 Å². The first kappa shape index (κ1) is 22.7. The highest BCUT2D eigenvalue weighted by atomic mass is 16.5. The Morgan fingerprint density at radius 2 is 1.53 bits per heavy atom. The number of hydrogen-bond acceptors (Lipinski definition) is 5. The van der Waals surface area contributed by atoms with Gasteiger partial charge in [-0.1, -0.05) is 54.6 Å². The zero-order chi connectivity index (χ0) is 22.9. The molecule has 3 aromatic carbocycles. The van der Waals surface area contributed by atoms with Gasteiger partial charge < -0.3 is 21.1 Å². The summed E-state index contributed by atoms with van der Waals surface area (Å²) in [5.74, 6) is -0.946. The Bertz CT molecular complexity index is 1110. The first-order chi connectivity index (χ1) is 15.5. The van der Waals surface area contributed by atoms with Crippen molar-refractivity contribution in [2.45, 2.75) is 26.4 Å². The van der Waals surface area contributed by atoms with Gasteiger partial charge in [0.1, 0.15) is 5.75 Å². The van der Waals surface area contributed by atoms with Crippen molar-refractivity contribution in [3.63, 3.8) is 0 Å². The van der Waals surface area contributed by atoms with E-state index in [4.69, 9.17) is 10.5 Å². The fraction of sp³-hybridized carbons (Fsp3) is 0.160. The molecular weight excluding hydrogens is 406 g/mol. The van der Waals surface area contributed by atoms with Crippen LogP contribution in [0.4, 0.5) is 5.69 Å². The smallest absolute Gasteiger partial charge is 0.308 e. The number of hydrogen-bond donors (Lipinski definition) is 3. The average Bonchev–Trinajstić information content (AvgIpc) is 2.79. The van der Waals surface area contributed by atoms with Gasteiger partial charge in [0.05, 0.1) is 12.0 Å². The summed E-state index contributed by atoms with van der Waals surface area (Å²) in [5.41, 5.74) is 9.01. The zero-order valence-corrected chi connectivity index (χ0v) is 17.8. The first-order valence-electron chi connectivity index (χ1n) is 10.2. The summed E-state index contributed by atoms with van der Waals surface area (Å²) in [4.78, 5) is 36.6. The van der Waals surface area contributed by atoms with Gasteiger partial charge in [-0.2, -0.15) is 0 Å². The van der Waals surface area contributed by atoms with Gasteiger partial charge in [0.15, 0.2) is 0 Å². The Morgan fingerprint density at radius 3 is 2.25 bits per heavy atom. The van der Waals surface area contributed by atoms with Crippen LogP contribution in [-0.2, 0) is 29.1 Å². The molecule has 0 bridgehead atoms. The highest BCUT2D eigenvalue weighted by molar-refractivity contribution is 6.07. The van der Waals surface area contributed by atoms with E-state index in [1.54, 1.807) is 48.5 Å². The summed E-state index contributed by atoms with van der Waals surface area (Å²) in [6.07, 6.45) is 0.100. The summed E-state index contributed by atoms with van der Waals surface area (Å²) in [6.45, 7) is 2.14. The van der Waals surface area contributed by atoms with E-state index in [2.05, 4.69) is 10.6 Å². The van der Waals surface area contributed by atoms with Gasteiger partial charge in [-0.05, 0) is 34.9 Å². The SMILES string of the molecule is CC(=O)Oc1ccccc1C(=O)Nc1ccccc1CC(=O)NCc1ccc(CN)cc1. The highest BCUT2D eigenvalue weighted by Gasteiger charge is 2.16. The van der Waals surface area contributed by atoms with Gasteiger partial charge in [0.2, 0.25) is 5.91 Å². The van der Waals surface area contributed by atoms with Gasteiger partial charge in [-0.25, -0.2) is 0 Å². The molecule has 7 nitrogen and oxygen atoms in total. The van der Waals surface area contributed by atoms with E-state index < -0.39 is 11.9 Å². The van der Waals surface area contributed by atoms with Crippen molar-refractivity contribution in [1.82, 2.24) is 5.32 Å². The second-order valence-electron chi connectivity index (χ2n) is 7.18. The van der Waals surface area contributed by atoms with Crippen molar-refractivity contribution in [3.05, 3.63) is 95.1 Å². The average molecular weight is 431 g/mol. The van der Waals surface area contributed by atoms with E-state index in [0.717, 1.165) is 11.1 Å². The number of nitrogens with two attached hydrogens (primary N) is 1. The Balaban J connectivity index is 1.66. The van der Waals surface area contributed by atoms with Crippen LogP contribution in [-0.4, -0.2) is 17.8 Å². The van der Waals surface area contributed by atoms with Crippen molar-refractivity contribution in [2.24, 2.45) is 5.73 Å². The number of benzene rings is 3. The lowest BCUT2D eigenvalue weighted by atomic mass is 10.1. The van der Waals surface area contributed by atoms with E-state index in [1.165, 1.54) is 6.92 Å². The lowest BCUT2D eigenvalue weighted by molar-refractivity contribution is -0.131. The fourth-order valence-corrected chi connectivity index (χ4v) is 3.11. The number of esters is 1. The Morgan fingerprint density at radius 1 is 0.875 bits per heavy atom. The fourth-order valence-electron chi connectivity index (χ4n) is 3.11. The molecule has 0 fully saturated rings. The monoisotopic (exact) mass is 431 g/mol. The largest absolute Gasteiger partial charge is 0.426 e. The number of para-hydroxylation sites is 2. The van der Waals surface area contributed by atoms with Crippen LogP contribution in [0.25, 0.3) is 0 Å². The maximum atomic E-state index is 12.8. The molecule has 32 heavy (non-hydrogen) atoms. The van der Waals surface area contributed by atoms with Gasteiger partial charge >= 0.3 is 5.97 Å². The summed E-state index contributed by atoms with van der Waals surface area (Å²) in [5, 5.41) is 5.70. The number of nitrogens with one attached hydrogen (secondary N) is 2. The molecule has 0 spiro atoms. The number of carbonyl (C=O) groups is 3. The van der Waals surface area contributed by atoms with E-state index in [-0.39, 0.29) is 23.6 Å². The van der Waals surface area contributed by atoms with Gasteiger partial charge in [0.25, 0.3) is 5.91 Å². The van der Waals surface area contributed by atoms with E-state index in [0.29, 0.717) is 24.3 Å². The van der Waals surface area contributed by atoms with Crippen molar-refractivity contribution < 1.29 is 19.1 Å². The molecule has 164 valence electrons. The number of amides is 2. The second kappa shape index (κ2) is 10.9. The quantitative estimate of drug-likeness (QED) is 0.375. The van der Waals surface area contributed by atoms with Crippen LogP contribution in [0.5, 0.6) is 5.75 Å². The third-order valence-electron chi connectivity index (χ3n) is 4.75. The number of anilines is 1. The van der Waals surface area contributed by atoms with Crippen LogP contribution in [0, 0.1) is 0 Å². The summed E-state index contributed by atoms with van der Waals surface area (Å²) in [7, 11) is 0. The first-order valence-corrected chi connectivity index (χ1v) is 10.2. The summed E-state index contributed by atoms with van der Waals surface area (Å²) in [6, 6.07) is 21.3. The molecule has 0 aliphatic heterocycles. The molecule has 0 aliphatic carbocycles. The van der Waals surface area contributed by atoms with Gasteiger partial charge in [-0.3, -0.25) is 14.4 Å². The van der Waals surface area contributed by atoms with Crippen LogP contribution >= 0.6 is 0 Å². The normalized spacial score (nSPS) is 10.3. The van der Waals surface area contributed by atoms with Crippen LogP contribution < -0.4 is 21.1 Å². The van der Waals surface area contributed by atoms with E-state index in [9.17, 15) is 14.4 Å². The molecule has 2 amide bonds. The van der Waals surface area contributed by atoms with Crippen LogP contribution in [0.15, 0.2) is 72.8 Å². The van der Waals surface area contributed by atoms with Crippen molar-refractivity contribution in [2.75, 3.05) is 5.32 Å². The predicted octanol–water partition coefficient (Wildman–Crippen LogP) is 3.18. The van der Waals surface area contributed by atoms with E-state index in [1.807, 2.05) is 24.3 Å². The topological polar surface area (TPSA) is 111 Å². The van der Waals surface area contributed by atoms with Crippen molar-refractivity contribution >= 4 is 23.5 Å². The summed E-state index contributed by atoms with van der Waals surface area (Å²) >= 11 is 0. The molecule has 0 unspecified atom stereocenters. The molecule has 7 heteroatoms. The van der Waals surface area contributed by atoms with Crippen LogP contribution in [0.2, 0.25) is 0 Å². The van der Waals surface area contributed by atoms with E-state index >= 15 is 0 Å². The standard InChI is InChI=1S/C25H25N3O4/c1-17(29)32-23-9-5-3-7-21(23)25(31)28-22-8-4-2-6-20(22)14-24(30)27-16-19-12-10-18(15-26)11-13-19/h2-13H,14-16,26H2,1H3,(H,27,30)(H,28,31). The minimum Gasteiger partial charge on any atom is -0.426 e. The minimum absolute atomic E-state index is 0.100. The number of carbonyl (C=O) groups excluding carboxylic acids is 3. The minimum atomic E-state index is -0.514. The molecular formula is C25H25N3O4. The molecule has 0 heterocycles. The summed E-state index contributed by atoms with van der Waals surface area (Å²) < 4.78 is 5.12. The third-order valence-corrected chi connectivity index (χ3v) is 4.75. The molecule has 3 rings (SSSR count). The maximum absolute atomic E-state index is 12.8. The lowest BCUT2D eigenvalue weighted by Gasteiger charge is -2.13. The van der Waals surface area contributed by atoms with Crippen LogP contribution in [0.1, 0.15) is 34.0 Å². The predicted molar refractivity (Wildman–Crippen MR) is 122 cm³/mol. The Labute approximate surface area is 186 Å². The molecule has 0 radical (unpaired) electrons. The molecule has 3 aromatic rings. The number of ether oxygens (including phenoxy) is 1. The zero-order valence-electron chi connectivity index (χ0n) is 17.8. The van der Waals surface area contributed by atoms with Crippen LogP contribution in [0.3, 0.4) is 0 Å². The van der Waals surface area contributed by atoms with Crippen molar-refractivity contribution in [3.8, 4) is 5.75 Å². The van der Waals surface area contributed by atoms with Crippen molar-refractivity contribution in [1.29, 1.82) is 0 Å². The Kier molecular flexibility index (Phi) is 7.72. The molecule has 0 saturated heterocycles. The second-order valence-corrected chi connectivity index (χ2v) is 7.18. The molecule has 0 aromatic heterocycles. The molecule has 0 atom stereocenters. The lowest BCUT2D eigenvalue weighted by Crippen LogP contribution is -2.25. The highest BCUT2D eigenvalue weighted by Crippen LogP contribution is 2.22.